The number of nitrogens with one attached hydrogen (secondary N) is 2. The molecule has 2 heterocycles. The maximum absolute atomic E-state index is 13.5. The second-order valence-electron chi connectivity index (χ2n) is 8.24. The van der Waals surface area contributed by atoms with E-state index in [4.69, 9.17) is 4.74 Å². The third-order valence-corrected chi connectivity index (χ3v) is 6.37. The zero-order valence-corrected chi connectivity index (χ0v) is 17.6. The van der Waals surface area contributed by atoms with Crippen molar-refractivity contribution in [1.29, 1.82) is 0 Å². The van der Waals surface area contributed by atoms with E-state index in [1.165, 1.54) is 5.69 Å². The largest absolute Gasteiger partial charge is 0.381 e. The Hall–Kier alpha value is -2.60. The van der Waals surface area contributed by atoms with Gasteiger partial charge in [0.2, 0.25) is 0 Å². The van der Waals surface area contributed by atoms with Crippen molar-refractivity contribution in [3.63, 3.8) is 0 Å². The fourth-order valence-electron chi connectivity index (χ4n) is 4.53. The van der Waals surface area contributed by atoms with E-state index in [1.807, 2.05) is 25.2 Å². The Morgan fingerprint density at radius 3 is 2.57 bits per heavy atom. The quantitative estimate of drug-likeness (QED) is 0.587. The first-order chi connectivity index (χ1) is 14.7. The standard InChI is InChI=1S/C24H31FN4O/c1-26-23(28-21-11-14-29(17-21)22-5-3-2-4-6-22)27-18-24(12-15-30-16-13-24)19-7-9-20(25)10-8-19/h2-10,21H,11-18H2,1H3,(H2,26,27,28). The molecule has 0 radical (unpaired) electrons. The van der Waals surface area contributed by atoms with Crippen LogP contribution in [0.2, 0.25) is 0 Å². The molecule has 2 aromatic rings. The second-order valence-corrected chi connectivity index (χ2v) is 8.24. The molecule has 30 heavy (non-hydrogen) atoms. The van der Waals surface area contributed by atoms with E-state index in [9.17, 15) is 4.39 Å². The summed E-state index contributed by atoms with van der Waals surface area (Å²) in [6.07, 6.45) is 2.90. The highest BCUT2D eigenvalue weighted by molar-refractivity contribution is 5.80. The molecule has 2 N–H and O–H groups in total. The molecule has 0 aliphatic carbocycles. The highest BCUT2D eigenvalue weighted by atomic mass is 19.1. The normalized spacial score (nSPS) is 21.5. The number of para-hydroxylation sites is 1. The number of halogens is 1. The van der Waals surface area contributed by atoms with Crippen molar-refractivity contribution in [1.82, 2.24) is 10.6 Å². The van der Waals surface area contributed by atoms with Gasteiger partial charge in [-0.1, -0.05) is 30.3 Å². The Balaban J connectivity index is 1.37. The molecule has 2 aromatic carbocycles. The minimum absolute atomic E-state index is 0.0741. The van der Waals surface area contributed by atoms with Crippen molar-refractivity contribution >= 4 is 11.6 Å². The van der Waals surface area contributed by atoms with Gasteiger partial charge in [0, 0.05) is 57.0 Å². The molecule has 2 saturated heterocycles. The van der Waals surface area contributed by atoms with Gasteiger partial charge in [0.05, 0.1) is 0 Å². The van der Waals surface area contributed by atoms with Gasteiger partial charge in [0.1, 0.15) is 5.82 Å². The van der Waals surface area contributed by atoms with Gasteiger partial charge in [-0.3, -0.25) is 4.99 Å². The summed E-state index contributed by atoms with van der Waals surface area (Å²) in [6, 6.07) is 17.8. The van der Waals surface area contributed by atoms with Crippen LogP contribution in [-0.2, 0) is 10.2 Å². The van der Waals surface area contributed by atoms with Crippen molar-refractivity contribution in [3.8, 4) is 0 Å². The molecule has 0 bridgehead atoms. The summed E-state index contributed by atoms with van der Waals surface area (Å²) in [7, 11) is 1.81. The third-order valence-electron chi connectivity index (χ3n) is 6.37. The summed E-state index contributed by atoms with van der Waals surface area (Å²) in [4.78, 5) is 6.86. The van der Waals surface area contributed by atoms with Crippen molar-refractivity contribution in [2.45, 2.75) is 30.7 Å². The lowest BCUT2D eigenvalue weighted by atomic mass is 9.74. The average molecular weight is 411 g/mol. The molecule has 0 spiro atoms. The number of rotatable bonds is 5. The van der Waals surface area contributed by atoms with E-state index >= 15 is 0 Å². The molecule has 5 nitrogen and oxygen atoms in total. The summed E-state index contributed by atoms with van der Waals surface area (Å²) >= 11 is 0. The molecule has 0 aromatic heterocycles. The van der Waals surface area contributed by atoms with E-state index in [0.29, 0.717) is 6.04 Å². The monoisotopic (exact) mass is 410 g/mol. The van der Waals surface area contributed by atoms with E-state index < -0.39 is 0 Å². The van der Waals surface area contributed by atoms with Crippen molar-refractivity contribution in [2.75, 3.05) is 44.8 Å². The number of guanidine groups is 1. The Morgan fingerprint density at radius 1 is 1.13 bits per heavy atom. The van der Waals surface area contributed by atoms with Crippen LogP contribution in [0.25, 0.3) is 0 Å². The molecule has 6 heteroatoms. The molecular formula is C24H31FN4O. The topological polar surface area (TPSA) is 48.9 Å². The lowest BCUT2D eigenvalue weighted by molar-refractivity contribution is 0.0513. The number of benzene rings is 2. The zero-order chi connectivity index (χ0) is 20.8. The van der Waals surface area contributed by atoms with Crippen LogP contribution in [0, 0.1) is 5.82 Å². The lowest BCUT2D eigenvalue weighted by Crippen LogP contribution is -2.50. The SMILES string of the molecule is CN=C(NCC1(c2ccc(F)cc2)CCOCC1)NC1CCN(c2ccccc2)C1. The minimum Gasteiger partial charge on any atom is -0.381 e. The van der Waals surface area contributed by atoms with Gasteiger partial charge in [0.15, 0.2) is 5.96 Å². The number of ether oxygens (including phenoxy) is 1. The van der Waals surface area contributed by atoms with Crippen LogP contribution >= 0.6 is 0 Å². The average Bonchev–Trinajstić information content (AvgIpc) is 3.27. The Labute approximate surface area is 178 Å². The fourth-order valence-corrected chi connectivity index (χ4v) is 4.53. The second kappa shape index (κ2) is 9.47. The molecule has 2 aliphatic rings. The number of aliphatic imine (C=N–C) groups is 1. The maximum atomic E-state index is 13.5. The van der Waals surface area contributed by atoms with E-state index in [1.54, 1.807) is 12.1 Å². The van der Waals surface area contributed by atoms with Crippen LogP contribution < -0.4 is 15.5 Å². The molecule has 1 unspecified atom stereocenters. The van der Waals surface area contributed by atoms with Gasteiger partial charge in [-0.05, 0) is 49.1 Å². The molecule has 4 rings (SSSR count). The number of hydrogen-bond donors (Lipinski definition) is 2. The molecule has 160 valence electrons. The van der Waals surface area contributed by atoms with E-state index in [-0.39, 0.29) is 11.2 Å². The van der Waals surface area contributed by atoms with Crippen molar-refractivity contribution < 1.29 is 9.13 Å². The number of hydrogen-bond acceptors (Lipinski definition) is 3. The van der Waals surface area contributed by atoms with Crippen molar-refractivity contribution in [3.05, 3.63) is 66.0 Å². The van der Waals surface area contributed by atoms with Crippen LogP contribution in [0.5, 0.6) is 0 Å². The summed E-state index contributed by atoms with van der Waals surface area (Å²) in [5.41, 5.74) is 2.35. The summed E-state index contributed by atoms with van der Waals surface area (Å²) in [6.45, 7) is 4.19. The highest BCUT2D eigenvalue weighted by Gasteiger charge is 2.35. The molecule has 2 aliphatic heterocycles. The van der Waals surface area contributed by atoms with Gasteiger partial charge in [-0.25, -0.2) is 4.39 Å². The van der Waals surface area contributed by atoms with Crippen LogP contribution in [-0.4, -0.2) is 51.9 Å². The van der Waals surface area contributed by atoms with Gasteiger partial charge in [0.25, 0.3) is 0 Å². The van der Waals surface area contributed by atoms with E-state index in [2.05, 4.69) is 44.8 Å². The van der Waals surface area contributed by atoms with Gasteiger partial charge >= 0.3 is 0 Å². The van der Waals surface area contributed by atoms with Crippen LogP contribution in [0.15, 0.2) is 59.6 Å². The summed E-state index contributed by atoms with van der Waals surface area (Å²) in [5, 5.41) is 7.13. The zero-order valence-electron chi connectivity index (χ0n) is 17.6. The molecular weight excluding hydrogens is 379 g/mol. The van der Waals surface area contributed by atoms with Gasteiger partial charge in [-0.15, -0.1) is 0 Å². The van der Waals surface area contributed by atoms with Crippen molar-refractivity contribution in [2.24, 2.45) is 4.99 Å². The van der Waals surface area contributed by atoms with Crippen LogP contribution in [0.1, 0.15) is 24.8 Å². The Morgan fingerprint density at radius 2 is 1.87 bits per heavy atom. The first-order valence-corrected chi connectivity index (χ1v) is 10.8. The first-order valence-electron chi connectivity index (χ1n) is 10.8. The number of anilines is 1. The third kappa shape index (κ3) is 4.75. The summed E-state index contributed by atoms with van der Waals surface area (Å²) < 4.78 is 19.1. The first kappa shape index (κ1) is 20.7. The smallest absolute Gasteiger partial charge is 0.191 e. The fraction of sp³-hybridized carbons (Fsp3) is 0.458. The predicted octanol–water partition coefficient (Wildman–Crippen LogP) is 3.32. The molecule has 1 atom stereocenters. The van der Waals surface area contributed by atoms with Gasteiger partial charge < -0.3 is 20.3 Å². The van der Waals surface area contributed by atoms with Crippen LogP contribution in [0.4, 0.5) is 10.1 Å². The summed E-state index contributed by atoms with van der Waals surface area (Å²) in [5.74, 6) is 0.624. The van der Waals surface area contributed by atoms with Gasteiger partial charge in [-0.2, -0.15) is 0 Å². The Bertz CT molecular complexity index is 834. The highest BCUT2D eigenvalue weighted by Crippen LogP contribution is 2.34. The Kier molecular flexibility index (Phi) is 6.53. The molecule has 0 saturated carbocycles. The molecule has 0 amide bonds. The predicted molar refractivity (Wildman–Crippen MR) is 120 cm³/mol. The maximum Gasteiger partial charge on any atom is 0.191 e. The lowest BCUT2D eigenvalue weighted by Gasteiger charge is -2.38. The number of nitrogens with zero attached hydrogens (tertiary/aromatic N) is 2. The molecule has 2 fully saturated rings. The van der Waals surface area contributed by atoms with E-state index in [0.717, 1.165) is 63.6 Å². The van der Waals surface area contributed by atoms with Crippen LogP contribution in [0.3, 0.4) is 0 Å². The minimum atomic E-state index is -0.199.